The maximum atomic E-state index is 13.3. The second kappa shape index (κ2) is 9.76. The summed E-state index contributed by atoms with van der Waals surface area (Å²) in [6, 6.07) is 15.8. The maximum Gasteiger partial charge on any atom is 0.335 e. The lowest BCUT2D eigenvalue weighted by molar-refractivity contribution is -0.122. The van der Waals surface area contributed by atoms with E-state index in [1.54, 1.807) is 31.4 Å². The molecule has 1 saturated heterocycles. The number of urea groups is 1. The Kier molecular flexibility index (Phi) is 6.76. The smallest absolute Gasteiger partial charge is 0.335 e. The molecule has 1 aliphatic rings. The lowest BCUT2D eigenvalue weighted by atomic mass is 9.95. The number of amides is 4. The summed E-state index contributed by atoms with van der Waals surface area (Å²) in [5.74, 6) is -0.800. The summed E-state index contributed by atoms with van der Waals surface area (Å²) in [6.45, 7) is 5.90. The molecule has 3 aromatic carbocycles. The molecule has 0 aliphatic carbocycles. The Balaban J connectivity index is 1.76. The van der Waals surface area contributed by atoms with E-state index in [2.05, 4.69) is 23.5 Å². The molecule has 35 heavy (non-hydrogen) atoms. The van der Waals surface area contributed by atoms with Gasteiger partial charge in [-0.1, -0.05) is 53.1 Å². The minimum atomic E-state index is -0.817. The molecule has 0 aromatic heterocycles. The van der Waals surface area contributed by atoms with Gasteiger partial charge < -0.3 is 4.74 Å². The predicted molar refractivity (Wildman–Crippen MR) is 137 cm³/mol. The van der Waals surface area contributed by atoms with Crippen molar-refractivity contribution in [2.45, 2.75) is 27.2 Å². The molecule has 6 nitrogen and oxygen atoms in total. The number of rotatable bonds is 5. The first-order valence-electron chi connectivity index (χ1n) is 11.1. The first kappa shape index (κ1) is 24.2. The van der Waals surface area contributed by atoms with Gasteiger partial charge in [-0.05, 0) is 79.8 Å². The number of barbiturate groups is 1. The van der Waals surface area contributed by atoms with Crippen LogP contribution >= 0.6 is 11.6 Å². The van der Waals surface area contributed by atoms with Crippen LogP contribution in [-0.2, 0) is 16.0 Å². The van der Waals surface area contributed by atoms with E-state index < -0.39 is 17.8 Å². The Bertz CT molecular complexity index is 1370. The molecule has 1 aliphatic heterocycles. The molecule has 7 heteroatoms. The zero-order valence-electron chi connectivity index (χ0n) is 19.9. The molecule has 178 valence electrons. The standard InChI is InChI=1S/C28H25ClN2O4/c1-16-9-17(2)11-19(10-16)12-21-13-23(35-4)8-6-20(21)14-24-26(32)30-28(34)31(27(24)33)22-7-5-18(3)25(29)15-22/h5-11,13-15H,12H2,1-4H3,(H,30,32,34)/b24-14+. The van der Waals surface area contributed by atoms with Crippen LogP contribution in [0, 0.1) is 20.8 Å². The van der Waals surface area contributed by atoms with E-state index >= 15 is 0 Å². The largest absolute Gasteiger partial charge is 0.497 e. The quantitative estimate of drug-likeness (QED) is 0.378. The van der Waals surface area contributed by atoms with Crippen molar-refractivity contribution in [1.29, 1.82) is 0 Å². The third kappa shape index (κ3) is 5.12. The predicted octanol–water partition coefficient (Wildman–Crippen LogP) is 5.53. The third-order valence-corrected chi connectivity index (χ3v) is 6.25. The van der Waals surface area contributed by atoms with Crippen LogP contribution in [0.3, 0.4) is 0 Å². The summed E-state index contributed by atoms with van der Waals surface area (Å²) in [4.78, 5) is 39.5. The maximum absolute atomic E-state index is 13.3. The highest BCUT2D eigenvalue weighted by atomic mass is 35.5. The fourth-order valence-corrected chi connectivity index (χ4v) is 4.34. The summed E-state index contributed by atoms with van der Waals surface area (Å²) in [5.41, 5.74) is 5.90. The van der Waals surface area contributed by atoms with Crippen LogP contribution in [0.15, 0.2) is 60.2 Å². The average molecular weight is 489 g/mol. The number of imide groups is 2. The van der Waals surface area contributed by atoms with Gasteiger partial charge in [0, 0.05) is 5.02 Å². The Hall–Kier alpha value is -3.90. The van der Waals surface area contributed by atoms with Gasteiger partial charge in [-0.25, -0.2) is 9.69 Å². The van der Waals surface area contributed by atoms with Crippen LogP contribution in [0.4, 0.5) is 10.5 Å². The summed E-state index contributed by atoms with van der Waals surface area (Å²) in [6.07, 6.45) is 2.09. The number of benzene rings is 3. The molecular weight excluding hydrogens is 464 g/mol. The van der Waals surface area contributed by atoms with Crippen LogP contribution in [-0.4, -0.2) is 25.0 Å². The Morgan fingerprint density at radius 3 is 2.31 bits per heavy atom. The number of nitrogens with one attached hydrogen (secondary N) is 1. The molecule has 1 heterocycles. The summed E-state index contributed by atoms with van der Waals surface area (Å²) >= 11 is 6.21. The van der Waals surface area contributed by atoms with Crippen LogP contribution in [0.1, 0.15) is 33.4 Å². The number of aryl methyl sites for hydroxylation is 3. The van der Waals surface area contributed by atoms with E-state index in [-0.39, 0.29) is 11.3 Å². The Morgan fingerprint density at radius 1 is 0.943 bits per heavy atom. The topological polar surface area (TPSA) is 75.7 Å². The van der Waals surface area contributed by atoms with Crippen molar-refractivity contribution in [3.8, 4) is 5.75 Å². The number of carbonyl (C=O) groups excluding carboxylic acids is 3. The SMILES string of the molecule is COc1ccc(/C=C2\C(=O)NC(=O)N(c3ccc(C)c(Cl)c3)C2=O)c(Cc2cc(C)cc(C)c2)c1. The first-order valence-corrected chi connectivity index (χ1v) is 11.5. The molecule has 0 atom stereocenters. The molecule has 1 N–H and O–H groups in total. The van der Waals surface area contributed by atoms with Crippen LogP contribution in [0.2, 0.25) is 5.02 Å². The van der Waals surface area contributed by atoms with E-state index in [0.717, 1.165) is 32.7 Å². The van der Waals surface area contributed by atoms with E-state index in [4.69, 9.17) is 16.3 Å². The fourth-order valence-electron chi connectivity index (χ4n) is 4.16. The second-order valence-electron chi connectivity index (χ2n) is 8.63. The van der Waals surface area contributed by atoms with Gasteiger partial charge in [0.2, 0.25) is 0 Å². The van der Waals surface area contributed by atoms with Gasteiger partial charge in [0.1, 0.15) is 11.3 Å². The van der Waals surface area contributed by atoms with E-state index in [1.165, 1.54) is 12.1 Å². The molecule has 4 rings (SSSR count). The Morgan fingerprint density at radius 2 is 1.66 bits per heavy atom. The van der Waals surface area contributed by atoms with Gasteiger partial charge in [-0.2, -0.15) is 0 Å². The van der Waals surface area contributed by atoms with Crippen molar-refractivity contribution in [2.24, 2.45) is 0 Å². The van der Waals surface area contributed by atoms with Gasteiger partial charge in [0.15, 0.2) is 0 Å². The minimum Gasteiger partial charge on any atom is -0.497 e. The molecule has 0 unspecified atom stereocenters. The number of anilines is 1. The van der Waals surface area contributed by atoms with E-state index in [1.807, 2.05) is 26.8 Å². The molecular formula is C28H25ClN2O4. The number of hydrogen-bond acceptors (Lipinski definition) is 4. The summed E-state index contributed by atoms with van der Waals surface area (Å²) in [7, 11) is 1.59. The van der Waals surface area contributed by atoms with Gasteiger partial charge in [-0.3, -0.25) is 14.9 Å². The normalized spacial score (nSPS) is 14.9. The monoisotopic (exact) mass is 488 g/mol. The van der Waals surface area contributed by atoms with Crippen LogP contribution in [0.5, 0.6) is 5.75 Å². The molecule has 4 amide bonds. The highest BCUT2D eigenvalue weighted by molar-refractivity contribution is 6.39. The van der Waals surface area contributed by atoms with Crippen molar-refractivity contribution in [3.63, 3.8) is 0 Å². The van der Waals surface area contributed by atoms with Crippen LogP contribution < -0.4 is 15.0 Å². The highest BCUT2D eigenvalue weighted by Gasteiger charge is 2.37. The zero-order valence-corrected chi connectivity index (χ0v) is 20.7. The minimum absolute atomic E-state index is 0.145. The van der Waals surface area contributed by atoms with Crippen molar-refractivity contribution in [3.05, 3.63) is 98.6 Å². The molecule has 3 aromatic rings. The average Bonchev–Trinajstić information content (AvgIpc) is 2.79. The lowest BCUT2D eigenvalue weighted by Crippen LogP contribution is -2.54. The second-order valence-corrected chi connectivity index (χ2v) is 9.04. The lowest BCUT2D eigenvalue weighted by Gasteiger charge is -2.26. The zero-order chi connectivity index (χ0) is 25.3. The van der Waals surface area contributed by atoms with Crippen LogP contribution in [0.25, 0.3) is 6.08 Å². The first-order chi connectivity index (χ1) is 16.7. The number of methoxy groups -OCH3 is 1. The Labute approximate surface area is 209 Å². The molecule has 0 radical (unpaired) electrons. The third-order valence-electron chi connectivity index (χ3n) is 5.84. The van der Waals surface area contributed by atoms with Crippen molar-refractivity contribution in [1.82, 2.24) is 5.32 Å². The number of hydrogen-bond donors (Lipinski definition) is 1. The molecule has 0 spiro atoms. The van der Waals surface area contributed by atoms with Gasteiger partial charge in [0.05, 0.1) is 12.8 Å². The van der Waals surface area contributed by atoms with Gasteiger partial charge in [0.25, 0.3) is 11.8 Å². The van der Waals surface area contributed by atoms with Gasteiger partial charge >= 0.3 is 6.03 Å². The summed E-state index contributed by atoms with van der Waals surface area (Å²) < 4.78 is 5.40. The van der Waals surface area contributed by atoms with Crippen molar-refractivity contribution < 1.29 is 19.1 Å². The highest BCUT2D eigenvalue weighted by Crippen LogP contribution is 2.28. The number of halogens is 1. The van der Waals surface area contributed by atoms with E-state index in [9.17, 15) is 14.4 Å². The molecule has 0 saturated carbocycles. The number of ether oxygens (including phenoxy) is 1. The van der Waals surface area contributed by atoms with E-state index in [0.29, 0.717) is 22.8 Å². The molecule has 0 bridgehead atoms. The fraction of sp³-hybridized carbons (Fsp3) is 0.179. The number of nitrogens with zero attached hydrogens (tertiary/aromatic N) is 1. The van der Waals surface area contributed by atoms with Crippen molar-refractivity contribution >= 4 is 41.2 Å². The molecule has 1 fully saturated rings. The summed E-state index contributed by atoms with van der Waals surface area (Å²) in [5, 5.41) is 2.67. The number of carbonyl (C=O) groups is 3. The van der Waals surface area contributed by atoms with Crippen molar-refractivity contribution in [2.75, 3.05) is 12.0 Å². The van der Waals surface area contributed by atoms with Gasteiger partial charge in [-0.15, -0.1) is 0 Å².